The Balaban J connectivity index is 2.58. The lowest BCUT2D eigenvalue weighted by Gasteiger charge is -2.05. The third-order valence-corrected chi connectivity index (χ3v) is 2.12. The van der Waals surface area contributed by atoms with Crippen LogP contribution in [0.15, 0.2) is 18.2 Å². The number of esters is 1. The molecule has 0 radical (unpaired) electrons. The summed E-state index contributed by atoms with van der Waals surface area (Å²) in [5, 5.41) is 2.39. The van der Waals surface area contributed by atoms with E-state index in [0.29, 0.717) is 11.1 Å². The van der Waals surface area contributed by atoms with Gasteiger partial charge in [0, 0.05) is 5.56 Å². The molecule has 0 aliphatic heterocycles. The SMILES string of the molecule is CCOC(=O)CNC(=O)c1ccc(F)c(C)c1. The van der Waals surface area contributed by atoms with Gasteiger partial charge in [-0.1, -0.05) is 0 Å². The summed E-state index contributed by atoms with van der Waals surface area (Å²) in [6, 6.07) is 4.01. The Kier molecular flexibility index (Phi) is 4.63. The maximum atomic E-state index is 13.0. The summed E-state index contributed by atoms with van der Waals surface area (Å²) in [7, 11) is 0. The summed E-state index contributed by atoms with van der Waals surface area (Å²) in [5.41, 5.74) is 0.696. The normalized spacial score (nSPS) is 9.82. The van der Waals surface area contributed by atoms with Crippen LogP contribution >= 0.6 is 0 Å². The molecule has 17 heavy (non-hydrogen) atoms. The Morgan fingerprint density at radius 3 is 2.71 bits per heavy atom. The number of ether oxygens (including phenoxy) is 1. The second kappa shape index (κ2) is 5.98. The molecule has 1 aromatic rings. The van der Waals surface area contributed by atoms with Crippen molar-refractivity contribution in [3.63, 3.8) is 0 Å². The molecule has 0 fully saturated rings. The number of hydrogen-bond acceptors (Lipinski definition) is 3. The fourth-order valence-electron chi connectivity index (χ4n) is 1.25. The second-order valence-corrected chi connectivity index (χ2v) is 3.45. The summed E-state index contributed by atoms with van der Waals surface area (Å²) < 4.78 is 17.6. The van der Waals surface area contributed by atoms with Crippen LogP contribution in [-0.4, -0.2) is 25.0 Å². The Labute approximate surface area is 98.8 Å². The molecule has 1 amide bonds. The number of hydrogen-bond donors (Lipinski definition) is 1. The van der Waals surface area contributed by atoms with Crippen molar-refractivity contribution in [3.05, 3.63) is 35.1 Å². The number of nitrogens with one attached hydrogen (secondary N) is 1. The number of aryl methyl sites for hydroxylation is 1. The fraction of sp³-hybridized carbons (Fsp3) is 0.333. The van der Waals surface area contributed by atoms with Crippen LogP contribution in [0.2, 0.25) is 0 Å². The molecule has 1 rings (SSSR count). The van der Waals surface area contributed by atoms with Gasteiger partial charge in [0.1, 0.15) is 12.4 Å². The zero-order valence-electron chi connectivity index (χ0n) is 9.75. The first-order valence-electron chi connectivity index (χ1n) is 5.24. The molecule has 0 saturated heterocycles. The minimum Gasteiger partial charge on any atom is -0.465 e. The average molecular weight is 239 g/mol. The molecule has 0 aromatic heterocycles. The molecule has 5 heteroatoms. The van der Waals surface area contributed by atoms with Gasteiger partial charge in [0.2, 0.25) is 0 Å². The largest absolute Gasteiger partial charge is 0.465 e. The molecule has 92 valence electrons. The molecule has 0 saturated carbocycles. The van der Waals surface area contributed by atoms with Gasteiger partial charge in [-0.2, -0.15) is 0 Å². The van der Waals surface area contributed by atoms with Gasteiger partial charge in [0.15, 0.2) is 0 Å². The standard InChI is InChI=1S/C12H14FNO3/c1-3-17-11(15)7-14-12(16)9-4-5-10(13)8(2)6-9/h4-6H,3,7H2,1-2H3,(H,14,16). The first kappa shape index (κ1) is 13.2. The van der Waals surface area contributed by atoms with Crippen LogP contribution in [0.1, 0.15) is 22.8 Å². The lowest BCUT2D eigenvalue weighted by Crippen LogP contribution is -2.30. The number of rotatable bonds is 4. The highest BCUT2D eigenvalue weighted by Gasteiger charge is 2.09. The van der Waals surface area contributed by atoms with Crippen molar-refractivity contribution in [2.45, 2.75) is 13.8 Å². The van der Waals surface area contributed by atoms with Gasteiger partial charge in [-0.25, -0.2) is 4.39 Å². The average Bonchev–Trinajstić information content (AvgIpc) is 2.30. The molecule has 0 spiro atoms. The van der Waals surface area contributed by atoms with E-state index in [0.717, 1.165) is 0 Å². The molecular formula is C12H14FNO3. The predicted octanol–water partition coefficient (Wildman–Crippen LogP) is 1.43. The molecule has 1 aromatic carbocycles. The summed E-state index contributed by atoms with van der Waals surface area (Å²) >= 11 is 0. The van der Waals surface area contributed by atoms with Gasteiger partial charge >= 0.3 is 5.97 Å². The van der Waals surface area contributed by atoms with Gasteiger partial charge in [0.05, 0.1) is 6.61 Å². The van der Waals surface area contributed by atoms with E-state index in [9.17, 15) is 14.0 Å². The van der Waals surface area contributed by atoms with E-state index in [1.807, 2.05) is 0 Å². The Morgan fingerprint density at radius 1 is 1.41 bits per heavy atom. The maximum Gasteiger partial charge on any atom is 0.325 e. The summed E-state index contributed by atoms with van der Waals surface area (Å²) in [5.74, 6) is -1.30. The topological polar surface area (TPSA) is 55.4 Å². The van der Waals surface area contributed by atoms with Gasteiger partial charge in [-0.05, 0) is 37.6 Å². The molecule has 0 aliphatic rings. The third-order valence-electron chi connectivity index (χ3n) is 2.12. The Bertz CT molecular complexity index is 432. The Morgan fingerprint density at radius 2 is 2.12 bits per heavy atom. The zero-order valence-corrected chi connectivity index (χ0v) is 9.75. The first-order chi connectivity index (χ1) is 8.04. The van der Waals surface area contributed by atoms with Crippen molar-refractivity contribution in [2.24, 2.45) is 0 Å². The van der Waals surface area contributed by atoms with Gasteiger partial charge in [0.25, 0.3) is 5.91 Å². The third kappa shape index (κ3) is 3.86. The fourth-order valence-corrected chi connectivity index (χ4v) is 1.25. The van der Waals surface area contributed by atoms with Crippen molar-refractivity contribution in [2.75, 3.05) is 13.2 Å². The summed E-state index contributed by atoms with van der Waals surface area (Å²) in [6.45, 7) is 3.33. The highest BCUT2D eigenvalue weighted by atomic mass is 19.1. The molecule has 0 heterocycles. The zero-order chi connectivity index (χ0) is 12.8. The van der Waals surface area contributed by atoms with Gasteiger partial charge in [-0.3, -0.25) is 9.59 Å². The lowest BCUT2D eigenvalue weighted by atomic mass is 10.1. The van der Waals surface area contributed by atoms with Crippen molar-refractivity contribution < 1.29 is 18.7 Å². The smallest absolute Gasteiger partial charge is 0.325 e. The molecule has 1 N–H and O–H groups in total. The van der Waals surface area contributed by atoms with E-state index in [1.165, 1.54) is 18.2 Å². The predicted molar refractivity (Wildman–Crippen MR) is 60.1 cm³/mol. The molecule has 0 bridgehead atoms. The molecule has 4 nitrogen and oxygen atoms in total. The van der Waals surface area contributed by atoms with Crippen LogP contribution in [0, 0.1) is 12.7 Å². The highest BCUT2D eigenvalue weighted by molar-refractivity contribution is 5.96. The maximum absolute atomic E-state index is 13.0. The van der Waals surface area contributed by atoms with Crippen LogP contribution in [0.25, 0.3) is 0 Å². The van der Waals surface area contributed by atoms with Crippen molar-refractivity contribution in [1.82, 2.24) is 5.32 Å². The second-order valence-electron chi connectivity index (χ2n) is 3.45. The number of carbonyl (C=O) groups excluding carboxylic acids is 2. The monoisotopic (exact) mass is 239 g/mol. The van der Waals surface area contributed by atoms with E-state index < -0.39 is 11.9 Å². The van der Waals surface area contributed by atoms with Crippen LogP contribution < -0.4 is 5.32 Å². The number of amides is 1. The van der Waals surface area contributed by atoms with E-state index in [1.54, 1.807) is 13.8 Å². The lowest BCUT2D eigenvalue weighted by molar-refractivity contribution is -0.141. The molecule has 0 unspecified atom stereocenters. The number of halogens is 1. The van der Waals surface area contributed by atoms with E-state index in [4.69, 9.17) is 0 Å². The highest BCUT2D eigenvalue weighted by Crippen LogP contribution is 2.08. The van der Waals surface area contributed by atoms with Crippen LogP contribution in [-0.2, 0) is 9.53 Å². The molecule has 0 atom stereocenters. The Hall–Kier alpha value is -1.91. The number of benzene rings is 1. The molecule has 0 aliphatic carbocycles. The minimum atomic E-state index is -0.500. The van der Waals surface area contributed by atoms with Gasteiger partial charge in [-0.15, -0.1) is 0 Å². The minimum absolute atomic E-state index is 0.191. The number of carbonyl (C=O) groups is 2. The van der Waals surface area contributed by atoms with E-state index in [-0.39, 0.29) is 19.0 Å². The van der Waals surface area contributed by atoms with Gasteiger partial charge < -0.3 is 10.1 Å². The van der Waals surface area contributed by atoms with Crippen LogP contribution in [0.5, 0.6) is 0 Å². The van der Waals surface area contributed by atoms with E-state index >= 15 is 0 Å². The van der Waals surface area contributed by atoms with Crippen molar-refractivity contribution in [3.8, 4) is 0 Å². The van der Waals surface area contributed by atoms with Crippen LogP contribution in [0.3, 0.4) is 0 Å². The van der Waals surface area contributed by atoms with Crippen molar-refractivity contribution >= 4 is 11.9 Å². The van der Waals surface area contributed by atoms with E-state index in [2.05, 4.69) is 10.1 Å². The quantitative estimate of drug-likeness (QED) is 0.808. The molecular weight excluding hydrogens is 225 g/mol. The van der Waals surface area contributed by atoms with Crippen molar-refractivity contribution in [1.29, 1.82) is 0 Å². The summed E-state index contributed by atoms with van der Waals surface area (Å²) in [4.78, 5) is 22.6. The summed E-state index contributed by atoms with van der Waals surface area (Å²) in [6.07, 6.45) is 0. The van der Waals surface area contributed by atoms with Crippen LogP contribution in [0.4, 0.5) is 4.39 Å². The first-order valence-corrected chi connectivity index (χ1v) is 5.24.